The molecule has 0 bridgehead atoms. The van der Waals surface area contributed by atoms with Crippen molar-refractivity contribution >= 4 is 0 Å². The van der Waals surface area contributed by atoms with Crippen LogP contribution in [0, 0.1) is 5.92 Å². The van der Waals surface area contributed by atoms with E-state index >= 15 is 0 Å². The summed E-state index contributed by atoms with van der Waals surface area (Å²) in [6, 6.07) is 0.387. The molecule has 76 valence electrons. The van der Waals surface area contributed by atoms with Crippen LogP contribution in [0.15, 0.2) is 11.6 Å². The van der Waals surface area contributed by atoms with E-state index in [-0.39, 0.29) is 0 Å². The van der Waals surface area contributed by atoms with Gasteiger partial charge in [0.2, 0.25) is 0 Å². The van der Waals surface area contributed by atoms with Gasteiger partial charge in [-0.2, -0.15) is 0 Å². The molecule has 1 unspecified atom stereocenters. The molecule has 3 N–H and O–H groups in total. The molecule has 0 amide bonds. The fourth-order valence-electron chi connectivity index (χ4n) is 2.05. The number of hydrogen-bond donors (Lipinski definition) is 2. The van der Waals surface area contributed by atoms with E-state index in [0.29, 0.717) is 12.0 Å². The van der Waals surface area contributed by atoms with E-state index in [4.69, 9.17) is 5.84 Å². The van der Waals surface area contributed by atoms with Crippen LogP contribution in [-0.4, -0.2) is 6.04 Å². The van der Waals surface area contributed by atoms with Crippen molar-refractivity contribution in [3.63, 3.8) is 0 Å². The molecule has 1 aliphatic carbocycles. The van der Waals surface area contributed by atoms with Gasteiger partial charge in [-0.05, 0) is 31.6 Å². The van der Waals surface area contributed by atoms with Gasteiger partial charge in [0.25, 0.3) is 0 Å². The summed E-state index contributed by atoms with van der Waals surface area (Å²) in [6.45, 7) is 4.44. The molecule has 0 aromatic heterocycles. The highest BCUT2D eigenvalue weighted by Crippen LogP contribution is 2.22. The van der Waals surface area contributed by atoms with Crippen molar-refractivity contribution in [2.24, 2.45) is 11.8 Å². The Kier molecular flexibility index (Phi) is 4.46. The predicted octanol–water partition coefficient (Wildman–Crippen LogP) is 2.36. The van der Waals surface area contributed by atoms with Crippen molar-refractivity contribution < 1.29 is 0 Å². The summed E-state index contributed by atoms with van der Waals surface area (Å²) in [7, 11) is 0. The van der Waals surface area contributed by atoms with Crippen molar-refractivity contribution in [2.45, 2.75) is 52.0 Å². The fraction of sp³-hybridized carbons (Fsp3) is 0.818. The average molecular weight is 182 g/mol. The summed E-state index contributed by atoms with van der Waals surface area (Å²) in [5.41, 5.74) is 4.45. The lowest BCUT2D eigenvalue weighted by atomic mass is 9.93. The van der Waals surface area contributed by atoms with Crippen molar-refractivity contribution in [1.82, 2.24) is 5.43 Å². The molecule has 0 saturated carbocycles. The Labute approximate surface area is 81.6 Å². The molecule has 2 nitrogen and oxygen atoms in total. The van der Waals surface area contributed by atoms with Gasteiger partial charge in [0.15, 0.2) is 0 Å². The quantitative estimate of drug-likeness (QED) is 0.399. The summed E-state index contributed by atoms with van der Waals surface area (Å²) in [4.78, 5) is 0. The van der Waals surface area contributed by atoms with Crippen LogP contribution < -0.4 is 11.3 Å². The molecule has 13 heavy (non-hydrogen) atoms. The van der Waals surface area contributed by atoms with Gasteiger partial charge >= 0.3 is 0 Å². The van der Waals surface area contributed by atoms with E-state index < -0.39 is 0 Å². The highest BCUT2D eigenvalue weighted by molar-refractivity contribution is 5.12. The minimum absolute atomic E-state index is 0.387. The number of hydrazine groups is 1. The van der Waals surface area contributed by atoms with E-state index in [1.807, 2.05) is 0 Å². The minimum Gasteiger partial charge on any atom is -0.271 e. The third-order valence-corrected chi connectivity index (χ3v) is 2.82. The molecule has 0 spiro atoms. The molecule has 0 radical (unpaired) electrons. The van der Waals surface area contributed by atoms with Crippen LogP contribution >= 0.6 is 0 Å². The maximum atomic E-state index is 5.56. The van der Waals surface area contributed by atoms with E-state index in [2.05, 4.69) is 25.3 Å². The maximum Gasteiger partial charge on any atom is 0.0442 e. The van der Waals surface area contributed by atoms with E-state index in [0.717, 1.165) is 0 Å². The van der Waals surface area contributed by atoms with Crippen LogP contribution in [0.2, 0.25) is 0 Å². The van der Waals surface area contributed by atoms with Crippen LogP contribution in [-0.2, 0) is 0 Å². The van der Waals surface area contributed by atoms with Crippen LogP contribution in [0.4, 0.5) is 0 Å². The second-order valence-corrected chi connectivity index (χ2v) is 4.27. The lowest BCUT2D eigenvalue weighted by Crippen LogP contribution is -2.40. The topological polar surface area (TPSA) is 38.0 Å². The third kappa shape index (κ3) is 3.12. The largest absolute Gasteiger partial charge is 0.271 e. The first-order valence-corrected chi connectivity index (χ1v) is 5.40. The molecule has 1 aliphatic rings. The molecular formula is C11H22N2. The molecule has 0 heterocycles. The molecule has 0 aromatic rings. The zero-order valence-electron chi connectivity index (χ0n) is 8.84. The minimum atomic E-state index is 0.387. The van der Waals surface area contributed by atoms with E-state index in [1.165, 1.54) is 37.7 Å². The van der Waals surface area contributed by atoms with Gasteiger partial charge in [0.1, 0.15) is 0 Å². The van der Waals surface area contributed by atoms with Crippen LogP contribution in [0.1, 0.15) is 46.0 Å². The Morgan fingerprint density at radius 1 is 1.31 bits per heavy atom. The lowest BCUT2D eigenvalue weighted by molar-refractivity contribution is 0.444. The number of nitrogens with one attached hydrogen (secondary N) is 1. The van der Waals surface area contributed by atoms with Crippen molar-refractivity contribution in [3.05, 3.63) is 11.6 Å². The Balaban J connectivity index is 2.59. The van der Waals surface area contributed by atoms with Gasteiger partial charge in [-0.15, -0.1) is 0 Å². The Bertz CT molecular complexity index is 173. The SMILES string of the molecule is CC(C)C(NN)C1=CCCCCC1. The van der Waals surface area contributed by atoms with Crippen LogP contribution in [0.5, 0.6) is 0 Å². The summed E-state index contributed by atoms with van der Waals surface area (Å²) in [6.07, 6.45) is 8.90. The zero-order chi connectivity index (χ0) is 9.68. The molecular weight excluding hydrogens is 160 g/mol. The summed E-state index contributed by atoms with van der Waals surface area (Å²) >= 11 is 0. The smallest absolute Gasteiger partial charge is 0.0442 e. The summed E-state index contributed by atoms with van der Waals surface area (Å²) in [5.74, 6) is 6.16. The lowest BCUT2D eigenvalue weighted by Gasteiger charge is -2.22. The van der Waals surface area contributed by atoms with Crippen molar-refractivity contribution in [1.29, 1.82) is 0 Å². The van der Waals surface area contributed by atoms with Gasteiger partial charge in [0.05, 0.1) is 0 Å². The standard InChI is InChI=1S/C11H22N2/c1-9(2)11(13-12)10-7-5-3-4-6-8-10/h7,9,11,13H,3-6,8,12H2,1-2H3. The number of allylic oxidation sites excluding steroid dienone is 1. The van der Waals surface area contributed by atoms with Crippen LogP contribution in [0.25, 0.3) is 0 Å². The van der Waals surface area contributed by atoms with Gasteiger partial charge in [-0.3, -0.25) is 11.3 Å². The number of hydrogen-bond acceptors (Lipinski definition) is 2. The monoisotopic (exact) mass is 182 g/mol. The fourth-order valence-corrected chi connectivity index (χ4v) is 2.05. The summed E-state index contributed by atoms with van der Waals surface area (Å²) in [5, 5.41) is 0. The number of nitrogens with two attached hydrogens (primary N) is 1. The van der Waals surface area contributed by atoms with Crippen molar-refractivity contribution in [2.75, 3.05) is 0 Å². The average Bonchev–Trinajstić information content (AvgIpc) is 2.33. The first kappa shape index (κ1) is 10.7. The van der Waals surface area contributed by atoms with Gasteiger partial charge < -0.3 is 0 Å². The van der Waals surface area contributed by atoms with E-state index in [1.54, 1.807) is 0 Å². The molecule has 2 heteroatoms. The second kappa shape index (κ2) is 5.40. The molecule has 0 aliphatic heterocycles. The first-order chi connectivity index (χ1) is 6.25. The highest BCUT2D eigenvalue weighted by Gasteiger charge is 2.16. The van der Waals surface area contributed by atoms with Gasteiger partial charge in [-0.1, -0.05) is 31.9 Å². The Morgan fingerprint density at radius 2 is 2.08 bits per heavy atom. The summed E-state index contributed by atoms with van der Waals surface area (Å²) < 4.78 is 0. The van der Waals surface area contributed by atoms with Crippen molar-refractivity contribution in [3.8, 4) is 0 Å². The molecule has 0 fully saturated rings. The predicted molar refractivity (Wildman–Crippen MR) is 57.1 cm³/mol. The molecule has 1 atom stereocenters. The van der Waals surface area contributed by atoms with Gasteiger partial charge in [-0.25, -0.2) is 0 Å². The first-order valence-electron chi connectivity index (χ1n) is 5.40. The zero-order valence-corrected chi connectivity index (χ0v) is 8.84. The third-order valence-electron chi connectivity index (χ3n) is 2.82. The number of rotatable bonds is 3. The second-order valence-electron chi connectivity index (χ2n) is 4.27. The Hall–Kier alpha value is -0.340. The van der Waals surface area contributed by atoms with Gasteiger partial charge in [0, 0.05) is 6.04 Å². The highest BCUT2D eigenvalue weighted by atomic mass is 15.2. The molecule has 0 aromatic carbocycles. The maximum absolute atomic E-state index is 5.56. The molecule has 0 saturated heterocycles. The molecule has 1 rings (SSSR count). The normalized spacial score (nSPS) is 21.1. The van der Waals surface area contributed by atoms with Crippen LogP contribution in [0.3, 0.4) is 0 Å². The van der Waals surface area contributed by atoms with E-state index in [9.17, 15) is 0 Å². The Morgan fingerprint density at radius 3 is 2.69 bits per heavy atom.